The zero-order chi connectivity index (χ0) is 13.9. The summed E-state index contributed by atoms with van der Waals surface area (Å²) in [6.07, 6.45) is 5.12. The van der Waals surface area contributed by atoms with Crippen LogP contribution in [0.5, 0.6) is 0 Å². The summed E-state index contributed by atoms with van der Waals surface area (Å²) < 4.78 is 1.69. The summed E-state index contributed by atoms with van der Waals surface area (Å²) in [4.78, 5) is 11.7. The maximum Gasteiger partial charge on any atom is 0.311 e. The van der Waals surface area contributed by atoms with Crippen LogP contribution in [0.4, 0.5) is 0 Å². The molecule has 2 rings (SSSR count). The minimum Gasteiger partial charge on any atom is -0.481 e. The molecule has 0 unspecified atom stereocenters. The van der Waals surface area contributed by atoms with E-state index in [1.165, 1.54) is 0 Å². The highest BCUT2D eigenvalue weighted by atomic mass is 16.4. The van der Waals surface area contributed by atoms with Crippen LogP contribution in [0.25, 0.3) is 0 Å². The molecule has 1 N–H and O–H groups in total. The molecule has 1 aliphatic carbocycles. The Morgan fingerprint density at radius 1 is 1.47 bits per heavy atom. The van der Waals surface area contributed by atoms with E-state index in [0.717, 1.165) is 44.3 Å². The quantitative estimate of drug-likeness (QED) is 0.880. The molecule has 0 radical (unpaired) electrons. The molecule has 0 aliphatic heterocycles. The Bertz CT molecular complexity index is 436. The molecule has 106 valence electrons. The van der Waals surface area contributed by atoms with Crippen LogP contribution >= 0.6 is 0 Å². The third-order valence-corrected chi connectivity index (χ3v) is 4.22. The zero-order valence-electron chi connectivity index (χ0n) is 11.7. The van der Waals surface area contributed by atoms with Gasteiger partial charge < -0.3 is 5.11 Å². The van der Waals surface area contributed by atoms with Gasteiger partial charge in [0, 0.05) is 6.42 Å². The Labute approximate surface area is 113 Å². The van der Waals surface area contributed by atoms with Gasteiger partial charge in [-0.15, -0.1) is 5.10 Å². The molecule has 0 saturated heterocycles. The molecule has 0 bridgehead atoms. The Kier molecular flexibility index (Phi) is 4.17. The van der Waals surface area contributed by atoms with E-state index in [0.29, 0.717) is 12.5 Å². The molecule has 0 aromatic carbocycles. The number of aryl methyl sites for hydroxylation is 1. The highest BCUT2D eigenvalue weighted by Crippen LogP contribution is 2.40. The monoisotopic (exact) mass is 266 g/mol. The van der Waals surface area contributed by atoms with E-state index in [4.69, 9.17) is 0 Å². The van der Waals surface area contributed by atoms with E-state index < -0.39 is 11.4 Å². The normalized spacial score (nSPS) is 27.4. The lowest BCUT2D eigenvalue weighted by Crippen LogP contribution is -2.39. The van der Waals surface area contributed by atoms with Crippen molar-refractivity contribution in [3.63, 3.8) is 0 Å². The second-order valence-electron chi connectivity index (χ2n) is 5.77. The summed E-state index contributed by atoms with van der Waals surface area (Å²) in [5, 5.41) is 21.2. The molecule has 1 aromatic heterocycles. The van der Waals surface area contributed by atoms with Crippen molar-refractivity contribution in [3.05, 3.63) is 5.82 Å². The van der Waals surface area contributed by atoms with Crippen LogP contribution in [0.15, 0.2) is 0 Å². The number of hydrogen-bond acceptors (Lipinski definition) is 4. The number of tetrazole rings is 1. The van der Waals surface area contributed by atoms with Gasteiger partial charge in [0.1, 0.15) is 0 Å². The van der Waals surface area contributed by atoms with Crippen molar-refractivity contribution in [2.24, 2.45) is 11.3 Å². The van der Waals surface area contributed by atoms with E-state index in [1.54, 1.807) is 4.68 Å². The number of rotatable bonds is 5. The standard InChI is InChI=1S/C13H22N4O2/c1-3-4-11-14-15-16-17(11)9-13(12(18)19)7-5-10(2)6-8-13/h10H,3-9H2,1-2H3,(H,18,19). The second kappa shape index (κ2) is 5.67. The van der Waals surface area contributed by atoms with Crippen LogP contribution in [0, 0.1) is 11.3 Å². The summed E-state index contributed by atoms with van der Waals surface area (Å²) in [7, 11) is 0. The molecule has 6 heteroatoms. The molecular formula is C13H22N4O2. The molecular weight excluding hydrogens is 244 g/mol. The molecule has 0 atom stereocenters. The van der Waals surface area contributed by atoms with Crippen molar-refractivity contribution < 1.29 is 9.90 Å². The Balaban J connectivity index is 2.17. The Morgan fingerprint density at radius 3 is 2.74 bits per heavy atom. The minimum atomic E-state index is -0.711. The average molecular weight is 266 g/mol. The highest BCUT2D eigenvalue weighted by molar-refractivity contribution is 5.74. The van der Waals surface area contributed by atoms with E-state index in [-0.39, 0.29) is 0 Å². The summed E-state index contributed by atoms with van der Waals surface area (Å²) in [5.74, 6) is 0.704. The largest absolute Gasteiger partial charge is 0.481 e. The van der Waals surface area contributed by atoms with Crippen LogP contribution in [-0.2, 0) is 17.8 Å². The molecule has 6 nitrogen and oxygen atoms in total. The van der Waals surface area contributed by atoms with Crippen molar-refractivity contribution in [2.75, 3.05) is 0 Å². The lowest BCUT2D eigenvalue weighted by atomic mass is 9.71. The van der Waals surface area contributed by atoms with Crippen molar-refractivity contribution in [1.29, 1.82) is 0 Å². The fourth-order valence-electron chi connectivity index (χ4n) is 2.79. The number of carbonyl (C=O) groups is 1. The van der Waals surface area contributed by atoms with Gasteiger partial charge >= 0.3 is 5.97 Å². The van der Waals surface area contributed by atoms with E-state index in [9.17, 15) is 9.90 Å². The molecule has 19 heavy (non-hydrogen) atoms. The maximum absolute atomic E-state index is 11.7. The Morgan fingerprint density at radius 2 is 2.16 bits per heavy atom. The summed E-state index contributed by atoms with van der Waals surface area (Å²) in [5.41, 5.74) is -0.690. The van der Waals surface area contributed by atoms with Crippen LogP contribution in [-0.4, -0.2) is 31.3 Å². The third kappa shape index (κ3) is 2.93. The summed E-state index contributed by atoms with van der Waals surface area (Å²) in [6.45, 7) is 4.65. The fourth-order valence-corrected chi connectivity index (χ4v) is 2.79. The zero-order valence-corrected chi connectivity index (χ0v) is 11.7. The molecule has 0 amide bonds. The first-order chi connectivity index (χ1) is 9.07. The first-order valence-electron chi connectivity index (χ1n) is 7.06. The number of carboxylic acid groups (broad SMARTS) is 1. The third-order valence-electron chi connectivity index (χ3n) is 4.22. The van der Waals surface area contributed by atoms with Gasteiger partial charge in [0.25, 0.3) is 0 Å². The first kappa shape index (κ1) is 14.0. The van der Waals surface area contributed by atoms with Crippen molar-refractivity contribution >= 4 is 5.97 Å². The average Bonchev–Trinajstić information content (AvgIpc) is 2.80. The number of hydrogen-bond donors (Lipinski definition) is 1. The molecule has 1 heterocycles. The lowest BCUT2D eigenvalue weighted by molar-refractivity contribution is -0.153. The first-order valence-corrected chi connectivity index (χ1v) is 7.06. The van der Waals surface area contributed by atoms with Crippen LogP contribution < -0.4 is 0 Å². The van der Waals surface area contributed by atoms with Gasteiger partial charge in [-0.1, -0.05) is 13.8 Å². The lowest BCUT2D eigenvalue weighted by Gasteiger charge is -2.35. The van der Waals surface area contributed by atoms with Gasteiger partial charge in [0.2, 0.25) is 0 Å². The predicted octanol–water partition coefficient (Wildman–Crippen LogP) is 1.91. The number of carboxylic acids is 1. The van der Waals surface area contributed by atoms with Crippen LogP contribution in [0.1, 0.15) is 51.8 Å². The highest BCUT2D eigenvalue weighted by Gasteiger charge is 2.42. The molecule has 1 aliphatic rings. The van der Waals surface area contributed by atoms with Crippen LogP contribution in [0.2, 0.25) is 0 Å². The predicted molar refractivity (Wildman–Crippen MR) is 69.5 cm³/mol. The van der Waals surface area contributed by atoms with Crippen molar-refractivity contribution in [1.82, 2.24) is 20.2 Å². The Hall–Kier alpha value is -1.46. The molecule has 1 aromatic rings. The van der Waals surface area contributed by atoms with Crippen LogP contribution in [0.3, 0.4) is 0 Å². The second-order valence-corrected chi connectivity index (χ2v) is 5.77. The van der Waals surface area contributed by atoms with Crippen molar-refractivity contribution in [2.45, 2.75) is 58.9 Å². The fraction of sp³-hybridized carbons (Fsp3) is 0.846. The van der Waals surface area contributed by atoms with Gasteiger partial charge in [-0.25, -0.2) is 4.68 Å². The van der Waals surface area contributed by atoms with Gasteiger partial charge in [0.05, 0.1) is 12.0 Å². The van der Waals surface area contributed by atoms with E-state index in [1.807, 2.05) is 0 Å². The van der Waals surface area contributed by atoms with E-state index >= 15 is 0 Å². The summed E-state index contributed by atoms with van der Waals surface area (Å²) >= 11 is 0. The smallest absolute Gasteiger partial charge is 0.311 e. The minimum absolute atomic E-state index is 0.400. The van der Waals surface area contributed by atoms with Gasteiger partial charge in [-0.3, -0.25) is 4.79 Å². The summed E-state index contributed by atoms with van der Waals surface area (Å²) in [6, 6.07) is 0. The number of nitrogens with zero attached hydrogens (tertiary/aromatic N) is 4. The van der Waals surface area contributed by atoms with Gasteiger partial charge in [-0.2, -0.15) is 0 Å². The topological polar surface area (TPSA) is 80.9 Å². The number of aliphatic carboxylic acids is 1. The van der Waals surface area contributed by atoms with E-state index in [2.05, 4.69) is 29.4 Å². The molecule has 1 fully saturated rings. The van der Waals surface area contributed by atoms with Gasteiger partial charge in [-0.05, 0) is 48.4 Å². The molecule has 0 spiro atoms. The van der Waals surface area contributed by atoms with Gasteiger partial charge in [0.15, 0.2) is 5.82 Å². The van der Waals surface area contributed by atoms with Crippen molar-refractivity contribution in [3.8, 4) is 0 Å². The molecule has 1 saturated carbocycles. The number of aromatic nitrogens is 4. The SMILES string of the molecule is CCCc1nnnn1CC1(C(=O)O)CCC(C)CC1. The maximum atomic E-state index is 11.7.